The molecule has 0 heterocycles. The molecule has 0 bridgehead atoms. The molecule has 8 heteroatoms. The summed E-state index contributed by atoms with van der Waals surface area (Å²) in [6.07, 6.45) is 0. The number of carbonyl (C=O) groups is 2. The van der Waals surface area contributed by atoms with Crippen molar-refractivity contribution < 1.29 is 19.2 Å². The molecule has 2 aromatic carbocycles. The number of hydrogen-bond acceptors (Lipinski definition) is 5. The van der Waals surface area contributed by atoms with E-state index in [2.05, 4.69) is 10.6 Å². The number of nitro benzene ring substituents is 1. The van der Waals surface area contributed by atoms with Crippen LogP contribution < -0.4 is 15.4 Å². The topological polar surface area (TPSA) is 111 Å². The van der Waals surface area contributed by atoms with Crippen molar-refractivity contribution in [2.24, 2.45) is 0 Å². The summed E-state index contributed by atoms with van der Waals surface area (Å²) < 4.78 is 5.08. The van der Waals surface area contributed by atoms with Crippen molar-refractivity contribution in [1.82, 2.24) is 5.32 Å². The average molecular weight is 343 g/mol. The Hall–Kier alpha value is -3.42. The summed E-state index contributed by atoms with van der Waals surface area (Å²) in [4.78, 5) is 34.1. The lowest BCUT2D eigenvalue weighted by molar-refractivity contribution is -0.384. The van der Waals surface area contributed by atoms with Crippen LogP contribution in [0, 0.1) is 17.0 Å². The van der Waals surface area contributed by atoms with Gasteiger partial charge in [0.2, 0.25) is 0 Å². The van der Waals surface area contributed by atoms with E-state index >= 15 is 0 Å². The van der Waals surface area contributed by atoms with Crippen LogP contribution in [0.25, 0.3) is 0 Å². The van der Waals surface area contributed by atoms with E-state index in [-0.39, 0.29) is 17.9 Å². The minimum atomic E-state index is -0.897. The smallest absolute Gasteiger partial charge is 0.313 e. The summed E-state index contributed by atoms with van der Waals surface area (Å²) in [5, 5.41) is 15.7. The van der Waals surface area contributed by atoms with Crippen LogP contribution in [0.4, 0.5) is 11.4 Å². The molecule has 2 N–H and O–H groups in total. The first-order valence-electron chi connectivity index (χ1n) is 7.38. The number of aryl methyl sites for hydroxylation is 1. The van der Waals surface area contributed by atoms with Crippen molar-refractivity contribution in [2.75, 3.05) is 12.4 Å². The van der Waals surface area contributed by atoms with E-state index in [1.54, 1.807) is 31.2 Å². The van der Waals surface area contributed by atoms with Gasteiger partial charge in [-0.2, -0.15) is 0 Å². The van der Waals surface area contributed by atoms with Gasteiger partial charge in [-0.1, -0.05) is 18.2 Å². The fourth-order valence-electron chi connectivity index (χ4n) is 2.08. The van der Waals surface area contributed by atoms with Crippen LogP contribution in [0.15, 0.2) is 42.5 Å². The number of nitrogens with one attached hydrogen (secondary N) is 2. The highest BCUT2D eigenvalue weighted by atomic mass is 16.6. The van der Waals surface area contributed by atoms with Crippen LogP contribution in [0.1, 0.15) is 11.1 Å². The number of non-ortho nitro benzene ring substituents is 1. The number of rotatable bonds is 5. The van der Waals surface area contributed by atoms with Crippen molar-refractivity contribution in [3.63, 3.8) is 0 Å². The van der Waals surface area contributed by atoms with E-state index in [1.807, 2.05) is 0 Å². The Morgan fingerprint density at radius 3 is 2.60 bits per heavy atom. The summed E-state index contributed by atoms with van der Waals surface area (Å²) in [6.45, 7) is 1.82. The monoisotopic (exact) mass is 343 g/mol. The molecule has 0 aromatic heterocycles. The number of benzene rings is 2. The summed E-state index contributed by atoms with van der Waals surface area (Å²) in [7, 11) is 1.53. The first-order valence-corrected chi connectivity index (χ1v) is 7.38. The number of anilines is 1. The molecular weight excluding hydrogens is 326 g/mol. The first-order chi connectivity index (χ1) is 11.9. The third kappa shape index (κ3) is 4.77. The Morgan fingerprint density at radius 2 is 1.92 bits per heavy atom. The van der Waals surface area contributed by atoms with E-state index in [9.17, 15) is 19.7 Å². The lowest BCUT2D eigenvalue weighted by Crippen LogP contribution is -2.35. The fraction of sp³-hybridized carbons (Fsp3) is 0.176. The molecule has 2 aromatic rings. The van der Waals surface area contributed by atoms with Crippen LogP contribution in [-0.2, 0) is 16.1 Å². The van der Waals surface area contributed by atoms with Gasteiger partial charge in [0.25, 0.3) is 5.69 Å². The van der Waals surface area contributed by atoms with Crippen LogP contribution in [-0.4, -0.2) is 23.8 Å². The third-order valence-corrected chi connectivity index (χ3v) is 3.47. The van der Waals surface area contributed by atoms with Crippen LogP contribution >= 0.6 is 0 Å². The molecule has 0 saturated carbocycles. The molecule has 25 heavy (non-hydrogen) atoms. The molecule has 2 rings (SSSR count). The zero-order chi connectivity index (χ0) is 18.4. The average Bonchev–Trinajstić information content (AvgIpc) is 2.61. The number of methoxy groups -OCH3 is 1. The molecule has 0 radical (unpaired) electrons. The van der Waals surface area contributed by atoms with Gasteiger partial charge in [0.15, 0.2) is 0 Å². The highest BCUT2D eigenvalue weighted by Gasteiger charge is 2.16. The van der Waals surface area contributed by atoms with E-state index in [1.165, 1.54) is 25.3 Å². The number of nitrogens with zero attached hydrogens (tertiary/aromatic N) is 1. The quantitative estimate of drug-likeness (QED) is 0.491. The molecule has 2 amide bonds. The van der Waals surface area contributed by atoms with Crippen molar-refractivity contribution in [3.8, 4) is 5.75 Å². The van der Waals surface area contributed by atoms with Crippen molar-refractivity contribution in [2.45, 2.75) is 13.5 Å². The second kappa shape index (κ2) is 7.91. The largest absolute Gasteiger partial charge is 0.497 e. The van der Waals surface area contributed by atoms with Gasteiger partial charge in [-0.15, -0.1) is 0 Å². The number of amides is 2. The molecule has 0 atom stereocenters. The van der Waals surface area contributed by atoms with E-state index in [4.69, 9.17) is 4.74 Å². The third-order valence-electron chi connectivity index (χ3n) is 3.47. The molecule has 0 saturated heterocycles. The molecule has 0 spiro atoms. The second-order valence-electron chi connectivity index (χ2n) is 5.24. The SMILES string of the molecule is COc1cccc(CNC(=O)C(=O)Nc2cc([N+](=O)[O-])ccc2C)c1. The highest BCUT2D eigenvalue weighted by Crippen LogP contribution is 2.21. The summed E-state index contributed by atoms with van der Waals surface area (Å²) in [5.74, 6) is -1.09. The summed E-state index contributed by atoms with van der Waals surface area (Å²) in [6, 6.07) is 11.1. The minimum Gasteiger partial charge on any atom is -0.497 e. The predicted molar refractivity (Wildman–Crippen MR) is 91.3 cm³/mol. The summed E-state index contributed by atoms with van der Waals surface area (Å²) in [5.41, 5.74) is 1.43. The number of nitro groups is 1. The molecule has 8 nitrogen and oxygen atoms in total. The van der Waals surface area contributed by atoms with Gasteiger partial charge in [-0.25, -0.2) is 0 Å². The van der Waals surface area contributed by atoms with Gasteiger partial charge in [0.1, 0.15) is 5.75 Å². The van der Waals surface area contributed by atoms with Crippen molar-refractivity contribution in [3.05, 3.63) is 63.7 Å². The van der Waals surface area contributed by atoms with Crippen molar-refractivity contribution >= 4 is 23.2 Å². The molecule has 0 aliphatic carbocycles. The second-order valence-corrected chi connectivity index (χ2v) is 5.24. The van der Waals surface area contributed by atoms with Crippen LogP contribution in [0.3, 0.4) is 0 Å². The predicted octanol–water partition coefficient (Wildman–Crippen LogP) is 2.17. The van der Waals surface area contributed by atoms with Gasteiger partial charge in [-0.3, -0.25) is 19.7 Å². The van der Waals surface area contributed by atoms with Crippen LogP contribution in [0.2, 0.25) is 0 Å². The minimum absolute atomic E-state index is 0.150. The fourth-order valence-corrected chi connectivity index (χ4v) is 2.08. The normalized spacial score (nSPS) is 10.0. The standard InChI is InChI=1S/C17H17N3O5/c1-11-6-7-13(20(23)24)9-15(11)19-17(22)16(21)18-10-12-4-3-5-14(8-12)25-2/h3-9H,10H2,1-2H3,(H,18,21)(H,19,22). The molecule has 130 valence electrons. The molecular formula is C17H17N3O5. The molecule has 0 aliphatic heterocycles. The maximum Gasteiger partial charge on any atom is 0.313 e. The Kier molecular flexibility index (Phi) is 5.67. The molecule has 0 unspecified atom stereocenters. The number of hydrogen-bond donors (Lipinski definition) is 2. The van der Waals surface area contributed by atoms with E-state index in [0.29, 0.717) is 11.3 Å². The Balaban J connectivity index is 1.99. The Labute approximate surface area is 144 Å². The van der Waals surface area contributed by atoms with Crippen LogP contribution in [0.5, 0.6) is 5.75 Å². The van der Waals surface area contributed by atoms with Gasteiger partial charge in [0.05, 0.1) is 17.7 Å². The number of ether oxygens (including phenoxy) is 1. The van der Waals surface area contributed by atoms with Gasteiger partial charge in [0, 0.05) is 18.7 Å². The zero-order valence-corrected chi connectivity index (χ0v) is 13.7. The highest BCUT2D eigenvalue weighted by molar-refractivity contribution is 6.39. The van der Waals surface area contributed by atoms with Crippen molar-refractivity contribution in [1.29, 1.82) is 0 Å². The molecule has 0 fully saturated rings. The van der Waals surface area contributed by atoms with Gasteiger partial charge in [-0.05, 0) is 30.2 Å². The Bertz CT molecular complexity index is 820. The lowest BCUT2D eigenvalue weighted by Gasteiger charge is -2.09. The Morgan fingerprint density at radius 1 is 1.16 bits per heavy atom. The maximum atomic E-state index is 12.0. The van der Waals surface area contributed by atoms with Gasteiger partial charge >= 0.3 is 11.8 Å². The zero-order valence-electron chi connectivity index (χ0n) is 13.7. The lowest BCUT2D eigenvalue weighted by atomic mass is 10.2. The number of carbonyl (C=O) groups excluding carboxylic acids is 2. The van der Waals surface area contributed by atoms with E-state index in [0.717, 1.165) is 5.56 Å². The maximum absolute atomic E-state index is 12.0. The summed E-state index contributed by atoms with van der Waals surface area (Å²) >= 11 is 0. The first kappa shape index (κ1) is 17.9. The van der Waals surface area contributed by atoms with E-state index < -0.39 is 16.7 Å². The molecule has 0 aliphatic rings. The van der Waals surface area contributed by atoms with Gasteiger partial charge < -0.3 is 15.4 Å².